The van der Waals surface area contributed by atoms with Gasteiger partial charge in [-0.1, -0.05) is 25.1 Å². The number of nitrogens with zero attached hydrogens (tertiary/aromatic N) is 2. The van der Waals surface area contributed by atoms with Crippen LogP contribution in [0.25, 0.3) is 0 Å². The second-order valence-electron chi connectivity index (χ2n) is 5.94. The Kier molecular flexibility index (Phi) is 5.94. The van der Waals surface area contributed by atoms with Crippen LogP contribution in [0.3, 0.4) is 0 Å². The van der Waals surface area contributed by atoms with Crippen molar-refractivity contribution < 1.29 is 0 Å². The van der Waals surface area contributed by atoms with Crippen LogP contribution in [0.2, 0.25) is 0 Å². The Morgan fingerprint density at radius 1 is 1.25 bits per heavy atom. The Bertz CT molecular complexity index is 419. The van der Waals surface area contributed by atoms with E-state index in [1.54, 1.807) is 0 Å². The van der Waals surface area contributed by atoms with E-state index in [0.29, 0.717) is 12.1 Å². The van der Waals surface area contributed by atoms with Crippen LogP contribution in [0.4, 0.5) is 0 Å². The Hall–Kier alpha value is -0.510. The van der Waals surface area contributed by atoms with Gasteiger partial charge in [-0.15, -0.1) is 11.8 Å². The van der Waals surface area contributed by atoms with Gasteiger partial charge in [-0.2, -0.15) is 0 Å². The summed E-state index contributed by atoms with van der Waals surface area (Å²) in [6.45, 7) is 11.7. The van der Waals surface area contributed by atoms with Crippen molar-refractivity contribution in [2.75, 3.05) is 25.9 Å². The third-order valence-corrected chi connectivity index (χ3v) is 5.17. The van der Waals surface area contributed by atoms with Crippen LogP contribution in [0.1, 0.15) is 32.8 Å². The van der Waals surface area contributed by atoms with Crippen LogP contribution in [0, 0.1) is 0 Å². The average Bonchev–Trinajstić information content (AvgIpc) is 2.47. The van der Waals surface area contributed by atoms with Crippen molar-refractivity contribution in [3.63, 3.8) is 0 Å². The van der Waals surface area contributed by atoms with E-state index >= 15 is 0 Å². The van der Waals surface area contributed by atoms with Crippen molar-refractivity contribution in [3.05, 3.63) is 29.8 Å². The van der Waals surface area contributed by atoms with E-state index in [-0.39, 0.29) is 0 Å². The summed E-state index contributed by atoms with van der Waals surface area (Å²) < 4.78 is 0. The highest BCUT2D eigenvalue weighted by Gasteiger charge is 2.27. The van der Waals surface area contributed by atoms with Gasteiger partial charge in [0.2, 0.25) is 0 Å². The summed E-state index contributed by atoms with van der Waals surface area (Å²) in [4.78, 5) is 6.71. The number of benzene rings is 1. The molecule has 0 radical (unpaired) electrons. The van der Waals surface area contributed by atoms with Gasteiger partial charge in [0.1, 0.15) is 0 Å². The first kappa shape index (κ1) is 15.9. The summed E-state index contributed by atoms with van der Waals surface area (Å²) in [5.74, 6) is 0. The summed E-state index contributed by atoms with van der Waals surface area (Å²) >= 11 is 1.86. The number of piperazine rings is 1. The Balaban J connectivity index is 2.01. The molecule has 20 heavy (non-hydrogen) atoms. The minimum absolute atomic E-state index is 0.667. The molecule has 0 unspecified atom stereocenters. The zero-order chi connectivity index (χ0) is 14.5. The molecule has 0 aliphatic carbocycles. The maximum atomic E-state index is 2.66. The molecule has 1 aromatic rings. The van der Waals surface area contributed by atoms with Crippen LogP contribution < -0.4 is 0 Å². The minimum Gasteiger partial charge on any atom is -0.296 e. The monoisotopic (exact) mass is 292 g/mol. The van der Waals surface area contributed by atoms with Crippen molar-refractivity contribution in [2.45, 2.75) is 50.7 Å². The van der Waals surface area contributed by atoms with E-state index in [1.165, 1.54) is 36.5 Å². The SMILES string of the molecule is CC[C@H]1CN(Cc2ccccc2SC)CCN1C(C)C. The third-order valence-electron chi connectivity index (χ3n) is 4.33. The quantitative estimate of drug-likeness (QED) is 0.764. The standard InChI is InChI=1S/C17H28N2S/c1-5-16-13-18(10-11-19(16)14(2)3)12-15-8-6-7-9-17(15)20-4/h6-9,14,16H,5,10-13H2,1-4H3/t16-/m0/s1. The molecule has 2 nitrogen and oxygen atoms in total. The molecule has 3 heteroatoms. The predicted molar refractivity (Wildman–Crippen MR) is 89.4 cm³/mol. The number of hydrogen-bond acceptors (Lipinski definition) is 3. The number of thioether (sulfide) groups is 1. The molecule has 0 amide bonds. The van der Waals surface area contributed by atoms with Gasteiger partial charge in [0, 0.05) is 43.2 Å². The van der Waals surface area contributed by atoms with Gasteiger partial charge in [0.25, 0.3) is 0 Å². The van der Waals surface area contributed by atoms with Crippen molar-refractivity contribution >= 4 is 11.8 Å². The van der Waals surface area contributed by atoms with Gasteiger partial charge < -0.3 is 0 Å². The van der Waals surface area contributed by atoms with Crippen LogP contribution in [-0.4, -0.2) is 47.8 Å². The van der Waals surface area contributed by atoms with Crippen LogP contribution in [0.15, 0.2) is 29.2 Å². The topological polar surface area (TPSA) is 6.48 Å². The first-order valence-corrected chi connectivity index (χ1v) is 8.98. The van der Waals surface area contributed by atoms with E-state index in [9.17, 15) is 0 Å². The molecule has 0 aromatic heterocycles. The van der Waals surface area contributed by atoms with Crippen molar-refractivity contribution in [2.24, 2.45) is 0 Å². The summed E-state index contributed by atoms with van der Waals surface area (Å²) in [5.41, 5.74) is 1.48. The lowest BCUT2D eigenvalue weighted by atomic mass is 10.1. The molecule has 0 spiro atoms. The largest absolute Gasteiger partial charge is 0.296 e. The van der Waals surface area contributed by atoms with Gasteiger partial charge in [0.05, 0.1) is 0 Å². The van der Waals surface area contributed by atoms with Gasteiger partial charge in [-0.3, -0.25) is 9.80 Å². The van der Waals surface area contributed by atoms with Gasteiger partial charge in [-0.25, -0.2) is 0 Å². The highest BCUT2D eigenvalue weighted by atomic mass is 32.2. The summed E-state index contributed by atoms with van der Waals surface area (Å²) in [6, 6.07) is 10.2. The fourth-order valence-electron chi connectivity index (χ4n) is 3.20. The van der Waals surface area contributed by atoms with E-state index in [1.807, 2.05) is 11.8 Å². The number of hydrogen-bond donors (Lipinski definition) is 0. The molecule has 1 atom stereocenters. The molecule has 112 valence electrons. The Morgan fingerprint density at radius 3 is 2.65 bits per heavy atom. The molecule has 1 fully saturated rings. The second-order valence-corrected chi connectivity index (χ2v) is 6.79. The molecule has 1 aliphatic rings. The molecule has 0 bridgehead atoms. The van der Waals surface area contributed by atoms with Crippen molar-refractivity contribution in [1.29, 1.82) is 0 Å². The maximum absolute atomic E-state index is 2.66. The summed E-state index contributed by atoms with van der Waals surface area (Å²) in [7, 11) is 0. The van der Waals surface area contributed by atoms with Gasteiger partial charge in [-0.05, 0) is 38.2 Å². The first-order chi connectivity index (χ1) is 9.65. The summed E-state index contributed by atoms with van der Waals surface area (Å²) in [5, 5.41) is 0. The maximum Gasteiger partial charge on any atom is 0.0246 e. The van der Waals surface area contributed by atoms with E-state index in [4.69, 9.17) is 0 Å². The smallest absolute Gasteiger partial charge is 0.0246 e. The van der Waals surface area contributed by atoms with Crippen LogP contribution in [-0.2, 0) is 6.54 Å². The molecule has 2 rings (SSSR count). The highest BCUT2D eigenvalue weighted by Crippen LogP contribution is 2.23. The normalized spacial score (nSPS) is 21.6. The van der Waals surface area contributed by atoms with Crippen LogP contribution >= 0.6 is 11.8 Å². The molecule has 1 aliphatic heterocycles. The van der Waals surface area contributed by atoms with E-state index < -0.39 is 0 Å². The summed E-state index contributed by atoms with van der Waals surface area (Å²) in [6.07, 6.45) is 3.42. The second kappa shape index (κ2) is 7.48. The first-order valence-electron chi connectivity index (χ1n) is 7.75. The highest BCUT2D eigenvalue weighted by molar-refractivity contribution is 7.98. The molecule has 0 N–H and O–H groups in total. The third kappa shape index (κ3) is 3.78. The predicted octanol–water partition coefficient (Wildman–Crippen LogP) is 3.71. The van der Waals surface area contributed by atoms with Gasteiger partial charge in [0.15, 0.2) is 0 Å². The lowest BCUT2D eigenvalue weighted by Crippen LogP contribution is -2.54. The molecular formula is C17H28N2S. The van der Waals surface area contributed by atoms with Crippen molar-refractivity contribution in [1.82, 2.24) is 9.80 Å². The zero-order valence-electron chi connectivity index (χ0n) is 13.3. The van der Waals surface area contributed by atoms with Crippen LogP contribution in [0.5, 0.6) is 0 Å². The average molecular weight is 292 g/mol. The molecule has 1 heterocycles. The van der Waals surface area contributed by atoms with Crippen molar-refractivity contribution in [3.8, 4) is 0 Å². The zero-order valence-corrected chi connectivity index (χ0v) is 14.1. The molecular weight excluding hydrogens is 264 g/mol. The van der Waals surface area contributed by atoms with E-state index in [2.05, 4.69) is 61.1 Å². The lowest BCUT2D eigenvalue weighted by Gasteiger charge is -2.43. The molecule has 1 saturated heterocycles. The molecule has 0 saturated carbocycles. The fourth-order valence-corrected chi connectivity index (χ4v) is 3.80. The lowest BCUT2D eigenvalue weighted by molar-refractivity contribution is 0.0453. The Labute approximate surface area is 128 Å². The molecule has 1 aromatic carbocycles. The fraction of sp³-hybridized carbons (Fsp3) is 0.647. The Morgan fingerprint density at radius 2 is 2.00 bits per heavy atom. The van der Waals surface area contributed by atoms with E-state index in [0.717, 1.165) is 6.54 Å². The van der Waals surface area contributed by atoms with Gasteiger partial charge >= 0.3 is 0 Å². The number of rotatable bonds is 5. The minimum atomic E-state index is 0.667.